The van der Waals surface area contributed by atoms with Gasteiger partial charge in [-0.15, -0.1) is 0 Å². The first-order valence-electron chi connectivity index (χ1n) is 5.39. The summed E-state index contributed by atoms with van der Waals surface area (Å²) < 4.78 is 13.6. The van der Waals surface area contributed by atoms with Gasteiger partial charge in [0.25, 0.3) is 0 Å². The maximum atomic E-state index is 13.6. The van der Waals surface area contributed by atoms with Crippen molar-refractivity contribution < 1.29 is 4.39 Å². The molecule has 1 saturated carbocycles. The molecule has 0 spiro atoms. The van der Waals surface area contributed by atoms with Gasteiger partial charge in [-0.25, -0.2) is 4.39 Å². The van der Waals surface area contributed by atoms with Crippen LogP contribution in [0.1, 0.15) is 37.3 Å². The lowest BCUT2D eigenvalue weighted by molar-refractivity contribution is 0.429. The van der Waals surface area contributed by atoms with E-state index in [0.717, 1.165) is 12.8 Å². The highest BCUT2D eigenvalue weighted by Gasteiger charge is 2.25. The second-order valence-corrected chi connectivity index (χ2v) is 4.67. The minimum absolute atomic E-state index is 0.176. The third kappa shape index (κ3) is 2.32. The Hall–Kier alpha value is -0.600. The summed E-state index contributed by atoms with van der Waals surface area (Å²) in [6.07, 6.45) is 4.66. The predicted octanol–water partition coefficient (Wildman–Crippen LogP) is 3.67. The molecule has 0 bridgehead atoms. The van der Waals surface area contributed by atoms with Gasteiger partial charge < -0.3 is 5.73 Å². The fourth-order valence-electron chi connectivity index (χ4n) is 2.34. The molecular weight excluding hydrogens is 213 g/mol. The molecule has 1 aliphatic carbocycles. The Balaban J connectivity index is 2.20. The molecule has 0 aliphatic heterocycles. The number of hydrogen-bond donors (Lipinski definition) is 1. The molecule has 1 fully saturated rings. The topological polar surface area (TPSA) is 26.0 Å². The zero-order chi connectivity index (χ0) is 10.8. The molecule has 1 atom stereocenters. The average molecular weight is 228 g/mol. The van der Waals surface area contributed by atoms with Gasteiger partial charge in [0.15, 0.2) is 0 Å². The standard InChI is InChI=1S/C12H15ClFN/c13-9-5-6-10(11(14)7-9)12(15)8-3-1-2-4-8/h5-8,12H,1-4,15H2. The summed E-state index contributed by atoms with van der Waals surface area (Å²) in [5.41, 5.74) is 6.67. The highest BCUT2D eigenvalue weighted by molar-refractivity contribution is 6.30. The molecule has 2 rings (SSSR count). The van der Waals surface area contributed by atoms with Crippen molar-refractivity contribution in [3.05, 3.63) is 34.6 Å². The van der Waals surface area contributed by atoms with Crippen molar-refractivity contribution in [2.75, 3.05) is 0 Å². The Morgan fingerprint density at radius 2 is 2.00 bits per heavy atom. The van der Waals surface area contributed by atoms with E-state index >= 15 is 0 Å². The van der Waals surface area contributed by atoms with Crippen molar-refractivity contribution in [2.24, 2.45) is 11.7 Å². The van der Waals surface area contributed by atoms with E-state index in [-0.39, 0.29) is 11.9 Å². The molecule has 1 aromatic rings. The Morgan fingerprint density at radius 3 is 2.60 bits per heavy atom. The molecule has 3 heteroatoms. The van der Waals surface area contributed by atoms with Gasteiger partial charge in [-0.1, -0.05) is 30.5 Å². The summed E-state index contributed by atoms with van der Waals surface area (Å²) in [6, 6.07) is 4.57. The van der Waals surface area contributed by atoms with Crippen LogP contribution in [0.3, 0.4) is 0 Å². The monoisotopic (exact) mass is 227 g/mol. The molecule has 82 valence electrons. The molecule has 1 aromatic carbocycles. The van der Waals surface area contributed by atoms with Crippen molar-refractivity contribution in [3.63, 3.8) is 0 Å². The number of nitrogens with two attached hydrogens (primary N) is 1. The van der Waals surface area contributed by atoms with Gasteiger partial charge in [0.05, 0.1) is 0 Å². The average Bonchev–Trinajstić information content (AvgIpc) is 2.69. The number of rotatable bonds is 2. The van der Waals surface area contributed by atoms with E-state index in [2.05, 4.69) is 0 Å². The molecule has 0 saturated heterocycles. The van der Waals surface area contributed by atoms with Crippen LogP contribution in [0.5, 0.6) is 0 Å². The van der Waals surface area contributed by atoms with Gasteiger partial charge in [-0.3, -0.25) is 0 Å². The van der Waals surface area contributed by atoms with Crippen LogP contribution < -0.4 is 5.73 Å². The minimum Gasteiger partial charge on any atom is -0.324 e. The van der Waals surface area contributed by atoms with E-state index in [1.807, 2.05) is 0 Å². The van der Waals surface area contributed by atoms with Crippen LogP contribution in [0.15, 0.2) is 18.2 Å². The molecule has 0 radical (unpaired) electrons. The molecule has 15 heavy (non-hydrogen) atoms. The van der Waals surface area contributed by atoms with Crippen LogP contribution in [0.2, 0.25) is 5.02 Å². The maximum absolute atomic E-state index is 13.6. The Morgan fingerprint density at radius 1 is 1.33 bits per heavy atom. The van der Waals surface area contributed by atoms with Crippen LogP contribution in [-0.4, -0.2) is 0 Å². The molecule has 2 N–H and O–H groups in total. The largest absolute Gasteiger partial charge is 0.324 e. The first-order chi connectivity index (χ1) is 7.18. The second kappa shape index (κ2) is 4.50. The Bertz CT molecular complexity index is 347. The third-order valence-electron chi connectivity index (χ3n) is 3.23. The summed E-state index contributed by atoms with van der Waals surface area (Å²) in [5, 5.41) is 0.426. The van der Waals surface area contributed by atoms with Crippen molar-refractivity contribution >= 4 is 11.6 Å². The van der Waals surface area contributed by atoms with E-state index in [9.17, 15) is 4.39 Å². The first kappa shape index (κ1) is 10.9. The number of halogens is 2. The van der Waals surface area contributed by atoms with Crippen LogP contribution in [0.4, 0.5) is 4.39 Å². The summed E-state index contributed by atoms with van der Waals surface area (Å²) in [5.74, 6) is 0.155. The van der Waals surface area contributed by atoms with Crippen molar-refractivity contribution in [2.45, 2.75) is 31.7 Å². The molecule has 0 aromatic heterocycles. The van der Waals surface area contributed by atoms with Crippen LogP contribution >= 0.6 is 11.6 Å². The van der Waals surface area contributed by atoms with Gasteiger partial charge in [0.2, 0.25) is 0 Å². The smallest absolute Gasteiger partial charge is 0.129 e. The lowest BCUT2D eigenvalue weighted by Gasteiger charge is -2.19. The summed E-state index contributed by atoms with van der Waals surface area (Å²) in [7, 11) is 0. The molecule has 1 nitrogen and oxygen atoms in total. The van der Waals surface area contributed by atoms with Gasteiger partial charge in [-0.05, 0) is 30.9 Å². The lowest BCUT2D eigenvalue weighted by Crippen LogP contribution is -2.20. The fourth-order valence-corrected chi connectivity index (χ4v) is 2.50. The maximum Gasteiger partial charge on any atom is 0.129 e. The summed E-state index contributed by atoms with van der Waals surface area (Å²) >= 11 is 5.70. The van der Waals surface area contributed by atoms with E-state index in [0.29, 0.717) is 16.5 Å². The summed E-state index contributed by atoms with van der Waals surface area (Å²) in [4.78, 5) is 0. The normalized spacial score (nSPS) is 19.4. The second-order valence-electron chi connectivity index (χ2n) is 4.24. The third-order valence-corrected chi connectivity index (χ3v) is 3.46. The quantitative estimate of drug-likeness (QED) is 0.820. The van der Waals surface area contributed by atoms with Crippen LogP contribution in [0, 0.1) is 11.7 Å². The van der Waals surface area contributed by atoms with Gasteiger partial charge in [0.1, 0.15) is 5.82 Å². The number of hydrogen-bond acceptors (Lipinski definition) is 1. The van der Waals surface area contributed by atoms with Gasteiger partial charge >= 0.3 is 0 Å². The lowest BCUT2D eigenvalue weighted by atomic mass is 9.92. The van der Waals surface area contributed by atoms with Crippen molar-refractivity contribution in [1.82, 2.24) is 0 Å². The zero-order valence-electron chi connectivity index (χ0n) is 8.55. The molecule has 1 unspecified atom stereocenters. The fraction of sp³-hybridized carbons (Fsp3) is 0.500. The SMILES string of the molecule is NC(c1ccc(Cl)cc1F)C1CCCC1. The number of benzene rings is 1. The Kier molecular flexibility index (Phi) is 3.27. The molecule has 0 heterocycles. The summed E-state index contributed by atoms with van der Waals surface area (Å²) in [6.45, 7) is 0. The molecular formula is C12H15ClFN. The van der Waals surface area contributed by atoms with Gasteiger partial charge in [-0.2, -0.15) is 0 Å². The van der Waals surface area contributed by atoms with E-state index < -0.39 is 0 Å². The van der Waals surface area contributed by atoms with E-state index in [4.69, 9.17) is 17.3 Å². The zero-order valence-corrected chi connectivity index (χ0v) is 9.30. The van der Waals surface area contributed by atoms with Crippen molar-refractivity contribution in [1.29, 1.82) is 0 Å². The predicted molar refractivity (Wildman–Crippen MR) is 60.3 cm³/mol. The molecule has 1 aliphatic rings. The van der Waals surface area contributed by atoms with E-state index in [1.54, 1.807) is 12.1 Å². The van der Waals surface area contributed by atoms with Crippen molar-refractivity contribution in [3.8, 4) is 0 Å². The highest BCUT2D eigenvalue weighted by Crippen LogP contribution is 2.35. The van der Waals surface area contributed by atoms with E-state index in [1.165, 1.54) is 18.9 Å². The Labute approximate surface area is 94.4 Å². The van der Waals surface area contributed by atoms with Gasteiger partial charge in [0, 0.05) is 16.6 Å². The van der Waals surface area contributed by atoms with Crippen LogP contribution in [-0.2, 0) is 0 Å². The van der Waals surface area contributed by atoms with Crippen LogP contribution in [0.25, 0.3) is 0 Å². The minimum atomic E-state index is -0.276. The highest BCUT2D eigenvalue weighted by atomic mass is 35.5. The first-order valence-corrected chi connectivity index (χ1v) is 5.77. The molecule has 0 amide bonds.